The van der Waals surface area contributed by atoms with Crippen molar-refractivity contribution < 1.29 is 0 Å². The van der Waals surface area contributed by atoms with Crippen molar-refractivity contribution in [2.75, 3.05) is 37.8 Å². The minimum absolute atomic E-state index is 0.0853. The molecule has 0 amide bonds. The van der Waals surface area contributed by atoms with Gasteiger partial charge in [0.1, 0.15) is 5.82 Å². The molecule has 2 N–H and O–H groups in total. The van der Waals surface area contributed by atoms with E-state index in [2.05, 4.69) is 60.4 Å². The minimum Gasteiger partial charge on any atom is -0.368 e. The topological polar surface area (TPSA) is 53.1 Å². The molecular formula is C13H25N5. The molecule has 0 fully saturated rings. The number of rotatable bonds is 7. The minimum atomic E-state index is 0.0853. The van der Waals surface area contributed by atoms with Crippen LogP contribution < -0.4 is 10.6 Å². The molecule has 0 aromatic carbocycles. The number of anilines is 2. The molecule has 0 aliphatic rings. The number of nitrogens with zero attached hydrogens (tertiary/aromatic N) is 3. The fraction of sp³-hybridized carbons (Fsp3) is 0.692. The first-order valence-electron chi connectivity index (χ1n) is 6.44. The van der Waals surface area contributed by atoms with Crippen molar-refractivity contribution >= 4 is 11.8 Å². The molecule has 0 saturated heterocycles. The van der Waals surface area contributed by atoms with Crippen molar-refractivity contribution in [1.29, 1.82) is 0 Å². The third kappa shape index (κ3) is 4.49. The summed E-state index contributed by atoms with van der Waals surface area (Å²) in [5.41, 5.74) is 0.0853. The predicted octanol–water partition coefficient (Wildman–Crippen LogP) is 2.05. The molecule has 1 heterocycles. The van der Waals surface area contributed by atoms with Crippen LogP contribution in [0.15, 0.2) is 12.3 Å². The second kappa shape index (κ2) is 6.54. The third-order valence-corrected chi connectivity index (χ3v) is 3.10. The fourth-order valence-electron chi connectivity index (χ4n) is 1.24. The van der Waals surface area contributed by atoms with E-state index in [1.807, 2.05) is 6.07 Å². The highest BCUT2D eigenvalue weighted by Gasteiger charge is 2.19. The van der Waals surface area contributed by atoms with Crippen LogP contribution in [0.3, 0.4) is 0 Å². The van der Waals surface area contributed by atoms with Gasteiger partial charge in [-0.2, -0.15) is 4.98 Å². The summed E-state index contributed by atoms with van der Waals surface area (Å²) >= 11 is 0. The lowest BCUT2D eigenvalue weighted by Crippen LogP contribution is -2.44. The normalized spacial score (nSPS) is 11.7. The van der Waals surface area contributed by atoms with Gasteiger partial charge in [-0.05, 0) is 40.4 Å². The smallest absolute Gasteiger partial charge is 0.224 e. The molecule has 0 radical (unpaired) electrons. The summed E-state index contributed by atoms with van der Waals surface area (Å²) in [6.45, 7) is 8.24. The Morgan fingerprint density at radius 2 is 2.00 bits per heavy atom. The molecule has 1 rings (SSSR count). The molecule has 0 aliphatic carbocycles. The van der Waals surface area contributed by atoms with Gasteiger partial charge in [0, 0.05) is 24.8 Å². The summed E-state index contributed by atoms with van der Waals surface area (Å²) in [5, 5.41) is 6.53. The van der Waals surface area contributed by atoms with Gasteiger partial charge in [-0.15, -0.1) is 0 Å². The van der Waals surface area contributed by atoms with Crippen molar-refractivity contribution in [3.63, 3.8) is 0 Å². The summed E-state index contributed by atoms with van der Waals surface area (Å²) in [7, 11) is 4.16. The molecule has 1 aromatic rings. The van der Waals surface area contributed by atoms with Gasteiger partial charge in [0.05, 0.1) is 0 Å². The van der Waals surface area contributed by atoms with Crippen LogP contribution in [0.1, 0.15) is 27.2 Å². The Hall–Kier alpha value is -1.36. The maximum absolute atomic E-state index is 4.42. The monoisotopic (exact) mass is 251 g/mol. The van der Waals surface area contributed by atoms with Gasteiger partial charge >= 0.3 is 0 Å². The van der Waals surface area contributed by atoms with Crippen LogP contribution in [0.4, 0.5) is 11.8 Å². The number of hydrogen-bond acceptors (Lipinski definition) is 5. The zero-order chi connectivity index (χ0) is 13.6. The molecule has 0 atom stereocenters. The van der Waals surface area contributed by atoms with E-state index in [-0.39, 0.29) is 5.54 Å². The molecular weight excluding hydrogens is 226 g/mol. The standard InChI is InChI=1S/C13H25N5/c1-6-8-14-12-15-9-7-11(17-12)16-10-13(2,3)18(4)5/h7,9H,6,8,10H2,1-5H3,(H2,14,15,16,17). The Balaban J connectivity index is 2.57. The highest BCUT2D eigenvalue weighted by Crippen LogP contribution is 2.12. The second-order valence-electron chi connectivity index (χ2n) is 5.25. The maximum atomic E-state index is 4.42. The molecule has 5 nitrogen and oxygen atoms in total. The van der Waals surface area contributed by atoms with Crippen LogP contribution >= 0.6 is 0 Å². The summed E-state index contributed by atoms with van der Waals surface area (Å²) in [6.07, 6.45) is 2.84. The average Bonchev–Trinajstić information content (AvgIpc) is 2.34. The lowest BCUT2D eigenvalue weighted by atomic mass is 10.0. The SMILES string of the molecule is CCCNc1nccc(NCC(C)(C)N(C)C)n1. The molecule has 0 saturated carbocycles. The van der Waals surface area contributed by atoms with Crippen LogP contribution in [-0.2, 0) is 0 Å². The van der Waals surface area contributed by atoms with Gasteiger partial charge in [0.2, 0.25) is 5.95 Å². The van der Waals surface area contributed by atoms with Crippen molar-refractivity contribution in [3.05, 3.63) is 12.3 Å². The van der Waals surface area contributed by atoms with E-state index in [9.17, 15) is 0 Å². The van der Waals surface area contributed by atoms with E-state index in [0.717, 1.165) is 25.3 Å². The van der Waals surface area contributed by atoms with Crippen LogP contribution in [0.25, 0.3) is 0 Å². The predicted molar refractivity (Wildman–Crippen MR) is 77.1 cm³/mol. The van der Waals surface area contributed by atoms with Gasteiger partial charge in [-0.1, -0.05) is 6.92 Å². The van der Waals surface area contributed by atoms with Gasteiger partial charge < -0.3 is 15.5 Å². The van der Waals surface area contributed by atoms with Gasteiger partial charge in [0.25, 0.3) is 0 Å². The number of aromatic nitrogens is 2. The second-order valence-corrected chi connectivity index (χ2v) is 5.25. The lowest BCUT2D eigenvalue weighted by molar-refractivity contribution is 0.210. The van der Waals surface area contributed by atoms with Gasteiger partial charge in [0.15, 0.2) is 0 Å². The summed E-state index contributed by atoms with van der Waals surface area (Å²) in [6, 6.07) is 1.89. The molecule has 1 aromatic heterocycles. The molecule has 5 heteroatoms. The Morgan fingerprint density at radius 1 is 1.28 bits per heavy atom. The zero-order valence-electron chi connectivity index (χ0n) is 12.1. The third-order valence-electron chi connectivity index (χ3n) is 3.10. The number of nitrogens with one attached hydrogen (secondary N) is 2. The van der Waals surface area contributed by atoms with Crippen molar-refractivity contribution in [3.8, 4) is 0 Å². The van der Waals surface area contributed by atoms with E-state index >= 15 is 0 Å². The quantitative estimate of drug-likeness (QED) is 0.777. The Labute approximate surface area is 110 Å². The summed E-state index contributed by atoms with van der Waals surface area (Å²) in [4.78, 5) is 10.8. The number of likely N-dealkylation sites (N-methyl/N-ethyl adjacent to an activating group) is 1. The molecule has 0 aliphatic heterocycles. The van der Waals surface area contributed by atoms with Gasteiger partial charge in [-0.3, -0.25) is 0 Å². The van der Waals surface area contributed by atoms with Crippen LogP contribution in [0.5, 0.6) is 0 Å². The first-order valence-corrected chi connectivity index (χ1v) is 6.44. The van der Waals surface area contributed by atoms with Crippen molar-refractivity contribution in [2.24, 2.45) is 0 Å². The van der Waals surface area contributed by atoms with E-state index in [4.69, 9.17) is 0 Å². The Morgan fingerprint density at radius 3 is 2.61 bits per heavy atom. The van der Waals surface area contributed by atoms with E-state index in [1.54, 1.807) is 6.20 Å². The van der Waals surface area contributed by atoms with E-state index in [1.165, 1.54) is 0 Å². The maximum Gasteiger partial charge on any atom is 0.224 e. The number of hydrogen-bond donors (Lipinski definition) is 2. The molecule has 0 spiro atoms. The van der Waals surface area contributed by atoms with E-state index < -0.39 is 0 Å². The van der Waals surface area contributed by atoms with Crippen LogP contribution in [-0.4, -0.2) is 47.6 Å². The molecule has 18 heavy (non-hydrogen) atoms. The Kier molecular flexibility index (Phi) is 5.34. The zero-order valence-corrected chi connectivity index (χ0v) is 12.1. The first kappa shape index (κ1) is 14.7. The summed E-state index contributed by atoms with van der Waals surface area (Å²) < 4.78 is 0. The van der Waals surface area contributed by atoms with Crippen LogP contribution in [0.2, 0.25) is 0 Å². The van der Waals surface area contributed by atoms with E-state index in [0.29, 0.717) is 5.95 Å². The summed E-state index contributed by atoms with van der Waals surface area (Å²) in [5.74, 6) is 1.54. The molecule has 102 valence electrons. The highest BCUT2D eigenvalue weighted by molar-refractivity contribution is 5.39. The fourth-order valence-corrected chi connectivity index (χ4v) is 1.24. The average molecular weight is 251 g/mol. The van der Waals surface area contributed by atoms with Gasteiger partial charge in [-0.25, -0.2) is 4.98 Å². The van der Waals surface area contributed by atoms with Crippen molar-refractivity contribution in [2.45, 2.75) is 32.7 Å². The largest absolute Gasteiger partial charge is 0.368 e. The first-order chi connectivity index (χ1) is 8.45. The Bertz CT molecular complexity index is 362. The van der Waals surface area contributed by atoms with Crippen LogP contribution in [0, 0.1) is 0 Å². The highest BCUT2D eigenvalue weighted by atomic mass is 15.2. The molecule has 0 bridgehead atoms. The lowest BCUT2D eigenvalue weighted by Gasteiger charge is -2.32. The molecule has 0 unspecified atom stereocenters. The van der Waals surface area contributed by atoms with Crippen molar-refractivity contribution in [1.82, 2.24) is 14.9 Å².